The first-order valence-electron chi connectivity index (χ1n) is 8.20. The molecule has 2 aliphatic rings. The molecule has 1 aromatic carbocycles. The summed E-state index contributed by atoms with van der Waals surface area (Å²) in [4.78, 5) is 16.2. The molecule has 1 aliphatic carbocycles. The highest BCUT2D eigenvalue weighted by Crippen LogP contribution is 2.39. The Labute approximate surface area is 135 Å². The first kappa shape index (κ1) is 14.2. The van der Waals surface area contributed by atoms with Gasteiger partial charge >= 0.3 is 0 Å². The number of hydrogen-bond acceptors (Lipinski definition) is 3. The molecule has 0 saturated heterocycles. The van der Waals surface area contributed by atoms with Crippen molar-refractivity contribution in [2.75, 3.05) is 6.54 Å². The molecular weight excluding hydrogens is 288 g/mol. The number of nitrogens with zero attached hydrogens (tertiary/aromatic N) is 1. The van der Waals surface area contributed by atoms with Crippen molar-refractivity contribution in [3.8, 4) is 17.0 Å². The summed E-state index contributed by atoms with van der Waals surface area (Å²) < 4.78 is 6.14. The monoisotopic (exact) mass is 308 g/mol. The van der Waals surface area contributed by atoms with Gasteiger partial charge in [0.25, 0.3) is 0 Å². The Hall–Kier alpha value is -2.36. The van der Waals surface area contributed by atoms with Crippen molar-refractivity contribution < 1.29 is 9.53 Å². The van der Waals surface area contributed by atoms with Crippen molar-refractivity contribution in [2.24, 2.45) is 5.92 Å². The van der Waals surface area contributed by atoms with Crippen LogP contribution in [0.5, 0.6) is 5.75 Å². The van der Waals surface area contributed by atoms with E-state index in [9.17, 15) is 4.79 Å². The van der Waals surface area contributed by atoms with Crippen molar-refractivity contribution >= 4 is 5.91 Å². The lowest BCUT2D eigenvalue weighted by Gasteiger charge is -2.13. The van der Waals surface area contributed by atoms with Crippen LogP contribution in [-0.4, -0.2) is 23.5 Å². The lowest BCUT2D eigenvalue weighted by Crippen LogP contribution is -2.35. The van der Waals surface area contributed by atoms with Gasteiger partial charge in [0.15, 0.2) is 0 Å². The van der Waals surface area contributed by atoms with E-state index in [1.165, 1.54) is 11.1 Å². The lowest BCUT2D eigenvalue weighted by atomic mass is 10.0. The minimum atomic E-state index is 0.0111. The van der Waals surface area contributed by atoms with Crippen LogP contribution in [-0.2, 0) is 11.2 Å². The van der Waals surface area contributed by atoms with Crippen LogP contribution in [0.1, 0.15) is 24.0 Å². The van der Waals surface area contributed by atoms with Crippen LogP contribution in [0, 0.1) is 12.8 Å². The van der Waals surface area contributed by atoms with Gasteiger partial charge in [-0.3, -0.25) is 9.78 Å². The Kier molecular flexibility index (Phi) is 3.52. The van der Waals surface area contributed by atoms with Gasteiger partial charge in [-0.1, -0.05) is 12.1 Å². The largest absolute Gasteiger partial charge is 0.487 e. The Morgan fingerprint density at radius 3 is 2.96 bits per heavy atom. The molecule has 0 unspecified atom stereocenters. The number of amides is 1. The first-order valence-corrected chi connectivity index (χ1v) is 8.20. The Balaban J connectivity index is 1.54. The van der Waals surface area contributed by atoms with Gasteiger partial charge in [0.1, 0.15) is 11.9 Å². The molecule has 1 aliphatic heterocycles. The van der Waals surface area contributed by atoms with Gasteiger partial charge in [-0.15, -0.1) is 0 Å². The second-order valence-electron chi connectivity index (χ2n) is 6.48. The minimum absolute atomic E-state index is 0.0111. The van der Waals surface area contributed by atoms with Gasteiger partial charge in [-0.05, 0) is 49.1 Å². The summed E-state index contributed by atoms with van der Waals surface area (Å²) in [6.45, 7) is 2.67. The zero-order valence-electron chi connectivity index (χ0n) is 13.2. The van der Waals surface area contributed by atoms with E-state index >= 15 is 0 Å². The first-order chi connectivity index (χ1) is 11.2. The molecule has 1 atom stereocenters. The van der Waals surface area contributed by atoms with Gasteiger partial charge in [-0.2, -0.15) is 0 Å². The molecule has 0 radical (unpaired) electrons. The van der Waals surface area contributed by atoms with Gasteiger partial charge in [0.2, 0.25) is 5.91 Å². The average Bonchev–Trinajstić information content (AvgIpc) is 3.33. The molecule has 4 heteroatoms. The van der Waals surface area contributed by atoms with Crippen molar-refractivity contribution in [3.63, 3.8) is 0 Å². The minimum Gasteiger partial charge on any atom is -0.487 e. The molecule has 0 bridgehead atoms. The van der Waals surface area contributed by atoms with E-state index in [4.69, 9.17) is 4.74 Å². The lowest BCUT2D eigenvalue weighted by molar-refractivity contribution is -0.122. The Morgan fingerprint density at radius 1 is 1.35 bits per heavy atom. The number of ether oxygens (including phenoxy) is 1. The van der Waals surface area contributed by atoms with E-state index < -0.39 is 0 Å². The smallest absolute Gasteiger partial charge is 0.223 e. The van der Waals surface area contributed by atoms with Crippen molar-refractivity contribution in [2.45, 2.75) is 32.3 Å². The SMILES string of the molecule is Cc1cc2c(c(-c3ccccn3)c1)O[C@H](CNC(=O)C1CC1)C2. The summed E-state index contributed by atoms with van der Waals surface area (Å²) >= 11 is 0. The summed E-state index contributed by atoms with van der Waals surface area (Å²) in [5.74, 6) is 1.33. The fraction of sp³-hybridized carbons (Fsp3) is 0.368. The zero-order chi connectivity index (χ0) is 15.8. The number of benzene rings is 1. The summed E-state index contributed by atoms with van der Waals surface area (Å²) in [5, 5.41) is 3.02. The van der Waals surface area contributed by atoms with Crippen molar-refractivity contribution in [1.29, 1.82) is 0 Å². The number of pyridine rings is 1. The number of aryl methyl sites for hydroxylation is 1. The van der Waals surface area contributed by atoms with Crippen LogP contribution in [0.15, 0.2) is 36.5 Å². The predicted molar refractivity (Wildman–Crippen MR) is 88.3 cm³/mol. The number of aromatic nitrogens is 1. The summed E-state index contributed by atoms with van der Waals surface area (Å²) in [5.41, 5.74) is 4.37. The van der Waals surface area contributed by atoms with Crippen LogP contribution in [0.2, 0.25) is 0 Å². The summed E-state index contributed by atoms with van der Waals surface area (Å²) in [6, 6.07) is 10.2. The van der Waals surface area contributed by atoms with Crippen molar-refractivity contribution in [1.82, 2.24) is 10.3 Å². The maximum absolute atomic E-state index is 11.8. The van der Waals surface area contributed by atoms with E-state index in [0.29, 0.717) is 6.54 Å². The second kappa shape index (κ2) is 5.69. The van der Waals surface area contributed by atoms with E-state index in [1.807, 2.05) is 18.2 Å². The molecule has 1 fully saturated rings. The highest BCUT2D eigenvalue weighted by atomic mass is 16.5. The van der Waals surface area contributed by atoms with Gasteiger partial charge in [-0.25, -0.2) is 0 Å². The van der Waals surface area contributed by atoms with Gasteiger partial charge < -0.3 is 10.1 Å². The third-order valence-corrected chi connectivity index (χ3v) is 4.44. The second-order valence-corrected chi connectivity index (χ2v) is 6.48. The van der Waals surface area contributed by atoms with Crippen LogP contribution < -0.4 is 10.1 Å². The predicted octanol–water partition coefficient (Wildman–Crippen LogP) is 2.89. The normalized spacial score (nSPS) is 19.1. The fourth-order valence-electron chi connectivity index (χ4n) is 3.12. The third kappa shape index (κ3) is 2.93. The van der Waals surface area contributed by atoms with Crippen LogP contribution >= 0.6 is 0 Å². The molecule has 4 rings (SSSR count). The number of rotatable bonds is 4. The van der Waals surface area contributed by atoms with E-state index in [0.717, 1.165) is 36.3 Å². The van der Waals surface area contributed by atoms with Crippen LogP contribution in [0.25, 0.3) is 11.3 Å². The van der Waals surface area contributed by atoms with Crippen molar-refractivity contribution in [3.05, 3.63) is 47.7 Å². The Bertz CT molecular complexity index is 739. The molecule has 1 saturated carbocycles. The van der Waals surface area contributed by atoms with Gasteiger partial charge in [0, 0.05) is 24.1 Å². The molecule has 2 heterocycles. The average molecular weight is 308 g/mol. The number of hydrogen-bond donors (Lipinski definition) is 1. The van der Waals surface area contributed by atoms with Crippen LogP contribution in [0.4, 0.5) is 0 Å². The van der Waals surface area contributed by atoms with Crippen LogP contribution in [0.3, 0.4) is 0 Å². The maximum Gasteiger partial charge on any atom is 0.223 e. The molecule has 1 amide bonds. The number of nitrogens with one attached hydrogen (secondary N) is 1. The topological polar surface area (TPSA) is 51.2 Å². The van der Waals surface area contributed by atoms with E-state index in [1.54, 1.807) is 6.20 Å². The molecule has 4 nitrogen and oxygen atoms in total. The van der Waals surface area contributed by atoms with E-state index in [2.05, 4.69) is 29.4 Å². The quantitative estimate of drug-likeness (QED) is 0.945. The number of carbonyl (C=O) groups excluding carboxylic acids is 1. The molecule has 2 aromatic rings. The molecule has 23 heavy (non-hydrogen) atoms. The molecule has 1 aromatic heterocycles. The highest BCUT2D eigenvalue weighted by molar-refractivity contribution is 5.80. The summed E-state index contributed by atoms with van der Waals surface area (Å²) in [6.07, 6.45) is 4.70. The maximum atomic E-state index is 11.8. The highest BCUT2D eigenvalue weighted by Gasteiger charge is 2.31. The molecule has 118 valence electrons. The van der Waals surface area contributed by atoms with Gasteiger partial charge in [0.05, 0.1) is 12.2 Å². The standard InChI is InChI=1S/C19H20N2O2/c1-12-8-14-10-15(11-21-19(22)13-5-6-13)23-18(14)16(9-12)17-4-2-3-7-20-17/h2-4,7-9,13,15H,5-6,10-11H2,1H3,(H,21,22)/t15-/m0/s1. The Morgan fingerprint density at radius 2 is 2.22 bits per heavy atom. The molecule has 0 spiro atoms. The zero-order valence-corrected chi connectivity index (χ0v) is 13.2. The van der Waals surface area contributed by atoms with E-state index in [-0.39, 0.29) is 17.9 Å². The molecule has 1 N–H and O–H groups in total. The molecular formula is C19H20N2O2. The number of fused-ring (bicyclic) bond motifs is 1. The fourth-order valence-corrected chi connectivity index (χ4v) is 3.12. The summed E-state index contributed by atoms with van der Waals surface area (Å²) in [7, 11) is 0. The number of carbonyl (C=O) groups is 1. The third-order valence-electron chi connectivity index (χ3n) is 4.44.